The molecule has 0 aliphatic carbocycles. The molecule has 0 radical (unpaired) electrons. The predicted molar refractivity (Wildman–Crippen MR) is 80.9 cm³/mol. The molecule has 0 amide bonds. The van der Waals surface area contributed by atoms with Crippen LogP contribution in [-0.4, -0.2) is 30.9 Å². The first-order valence-electron chi connectivity index (χ1n) is 7.36. The molecule has 0 aliphatic rings. The van der Waals surface area contributed by atoms with Gasteiger partial charge >= 0.3 is 0 Å². The Morgan fingerprint density at radius 1 is 1.14 bits per heavy atom. The van der Waals surface area contributed by atoms with Crippen LogP contribution in [0.3, 0.4) is 0 Å². The minimum atomic E-state index is -3.78. The number of unbranched alkanes of at least 4 members (excludes halogenated alkanes) is 2. The summed E-state index contributed by atoms with van der Waals surface area (Å²) in [4.78, 5) is -0.128. The lowest BCUT2D eigenvalue weighted by Gasteiger charge is -2.23. The second-order valence-electron chi connectivity index (χ2n) is 5.02. The lowest BCUT2D eigenvalue weighted by Crippen LogP contribution is -2.33. The highest BCUT2D eigenvalue weighted by atomic mass is 32.2. The van der Waals surface area contributed by atoms with E-state index < -0.39 is 22.4 Å². The third kappa shape index (κ3) is 4.76. The van der Waals surface area contributed by atoms with Crippen LogP contribution in [0.2, 0.25) is 0 Å². The standard InChI is InChI=1S/C15H24FNO3S/c1-3-5-9-17(10-6-4-2)21(19,20)15-11-14(16)8-7-13(15)12-18/h7-8,11,18H,3-6,9-10,12H2,1-2H3. The van der Waals surface area contributed by atoms with Crippen molar-refractivity contribution in [2.45, 2.75) is 51.0 Å². The van der Waals surface area contributed by atoms with Crippen LogP contribution in [0.15, 0.2) is 23.1 Å². The number of hydrogen-bond acceptors (Lipinski definition) is 3. The Morgan fingerprint density at radius 3 is 2.19 bits per heavy atom. The van der Waals surface area contributed by atoms with E-state index in [-0.39, 0.29) is 10.5 Å². The first-order valence-corrected chi connectivity index (χ1v) is 8.80. The van der Waals surface area contributed by atoms with E-state index in [2.05, 4.69) is 0 Å². The molecule has 0 heterocycles. The maximum atomic E-state index is 13.4. The highest BCUT2D eigenvalue weighted by Gasteiger charge is 2.26. The van der Waals surface area contributed by atoms with Crippen LogP contribution in [0.25, 0.3) is 0 Å². The number of hydrogen-bond donors (Lipinski definition) is 1. The van der Waals surface area contributed by atoms with Crippen molar-refractivity contribution in [1.29, 1.82) is 0 Å². The molecule has 4 nitrogen and oxygen atoms in total. The molecule has 0 atom stereocenters. The molecule has 1 N–H and O–H groups in total. The summed E-state index contributed by atoms with van der Waals surface area (Å²) in [7, 11) is -3.78. The lowest BCUT2D eigenvalue weighted by atomic mass is 10.2. The van der Waals surface area contributed by atoms with Crippen LogP contribution in [0.5, 0.6) is 0 Å². The van der Waals surface area contributed by atoms with Gasteiger partial charge in [0.15, 0.2) is 0 Å². The van der Waals surface area contributed by atoms with Gasteiger partial charge in [-0.1, -0.05) is 32.8 Å². The van der Waals surface area contributed by atoms with E-state index in [0.717, 1.165) is 37.8 Å². The Bertz CT molecular complexity index is 538. The average Bonchev–Trinajstić information content (AvgIpc) is 2.47. The van der Waals surface area contributed by atoms with Gasteiger partial charge < -0.3 is 5.11 Å². The molecule has 0 aromatic heterocycles. The Balaban J connectivity index is 3.17. The molecule has 1 aromatic carbocycles. The van der Waals surface area contributed by atoms with Crippen molar-refractivity contribution in [3.05, 3.63) is 29.6 Å². The molecule has 1 rings (SSSR count). The largest absolute Gasteiger partial charge is 0.392 e. The van der Waals surface area contributed by atoms with E-state index in [1.807, 2.05) is 13.8 Å². The third-order valence-corrected chi connectivity index (χ3v) is 5.32. The van der Waals surface area contributed by atoms with Gasteiger partial charge in [0.1, 0.15) is 5.82 Å². The number of aliphatic hydroxyl groups excluding tert-OH is 1. The molecule has 21 heavy (non-hydrogen) atoms. The number of sulfonamides is 1. The molecule has 120 valence electrons. The van der Waals surface area contributed by atoms with E-state index in [1.54, 1.807) is 0 Å². The summed E-state index contributed by atoms with van der Waals surface area (Å²) in [6, 6.07) is 3.47. The zero-order valence-electron chi connectivity index (χ0n) is 12.7. The summed E-state index contributed by atoms with van der Waals surface area (Å²) < 4.78 is 40.3. The molecule has 0 spiro atoms. The number of rotatable bonds is 9. The Kier molecular flexibility index (Phi) is 7.28. The second-order valence-corrected chi connectivity index (χ2v) is 6.93. The highest BCUT2D eigenvalue weighted by molar-refractivity contribution is 7.89. The van der Waals surface area contributed by atoms with E-state index in [4.69, 9.17) is 0 Å². The maximum absolute atomic E-state index is 13.4. The van der Waals surface area contributed by atoms with Crippen molar-refractivity contribution in [1.82, 2.24) is 4.31 Å². The van der Waals surface area contributed by atoms with E-state index in [1.165, 1.54) is 10.4 Å². The Labute approximate surface area is 126 Å². The van der Waals surface area contributed by atoms with Gasteiger partial charge in [-0.05, 0) is 30.5 Å². The summed E-state index contributed by atoms with van der Waals surface area (Å²) in [6.07, 6.45) is 3.28. The number of benzene rings is 1. The molecule has 0 saturated heterocycles. The zero-order valence-corrected chi connectivity index (χ0v) is 13.5. The van der Waals surface area contributed by atoms with Gasteiger partial charge in [-0.2, -0.15) is 4.31 Å². The van der Waals surface area contributed by atoms with Gasteiger partial charge in [0.25, 0.3) is 0 Å². The van der Waals surface area contributed by atoms with Crippen molar-refractivity contribution in [2.75, 3.05) is 13.1 Å². The van der Waals surface area contributed by atoms with Gasteiger partial charge in [0, 0.05) is 13.1 Å². The van der Waals surface area contributed by atoms with Crippen molar-refractivity contribution in [2.24, 2.45) is 0 Å². The number of halogens is 1. The summed E-state index contributed by atoms with van der Waals surface area (Å²) in [5.74, 6) is -0.614. The molecule has 1 aromatic rings. The molecule has 0 fully saturated rings. The predicted octanol–water partition coefficient (Wildman–Crippen LogP) is 2.91. The Morgan fingerprint density at radius 2 is 1.71 bits per heavy atom. The quantitative estimate of drug-likeness (QED) is 0.762. The summed E-state index contributed by atoms with van der Waals surface area (Å²) in [6.45, 7) is 4.39. The summed E-state index contributed by atoms with van der Waals surface area (Å²) in [5.41, 5.74) is 0.231. The molecule has 6 heteroatoms. The zero-order chi connectivity index (χ0) is 15.9. The normalized spacial score (nSPS) is 12.0. The number of aliphatic hydroxyl groups is 1. The van der Waals surface area contributed by atoms with Gasteiger partial charge in [-0.3, -0.25) is 0 Å². The van der Waals surface area contributed by atoms with Crippen LogP contribution in [0, 0.1) is 5.82 Å². The molecular formula is C15H24FNO3S. The van der Waals surface area contributed by atoms with Crippen LogP contribution < -0.4 is 0 Å². The Hall–Kier alpha value is -0.980. The van der Waals surface area contributed by atoms with Crippen molar-refractivity contribution < 1.29 is 17.9 Å². The molecule has 0 unspecified atom stereocenters. The molecule has 0 aliphatic heterocycles. The summed E-state index contributed by atoms with van der Waals surface area (Å²) >= 11 is 0. The van der Waals surface area contributed by atoms with Gasteiger partial charge in [-0.15, -0.1) is 0 Å². The van der Waals surface area contributed by atoms with Crippen molar-refractivity contribution in [3.63, 3.8) is 0 Å². The van der Waals surface area contributed by atoms with E-state index >= 15 is 0 Å². The van der Waals surface area contributed by atoms with Gasteiger partial charge in [0.05, 0.1) is 11.5 Å². The monoisotopic (exact) mass is 317 g/mol. The molecule has 0 bridgehead atoms. The minimum absolute atomic E-state index is 0.128. The SMILES string of the molecule is CCCCN(CCCC)S(=O)(=O)c1cc(F)ccc1CO. The van der Waals surface area contributed by atoms with Crippen molar-refractivity contribution >= 4 is 10.0 Å². The fourth-order valence-electron chi connectivity index (χ4n) is 2.06. The fraction of sp³-hybridized carbons (Fsp3) is 0.600. The fourth-order valence-corrected chi connectivity index (χ4v) is 3.80. The van der Waals surface area contributed by atoms with Gasteiger partial charge in [0.2, 0.25) is 10.0 Å². The van der Waals surface area contributed by atoms with Crippen LogP contribution in [0.1, 0.15) is 45.1 Å². The number of nitrogens with zero attached hydrogens (tertiary/aromatic N) is 1. The second kappa shape index (κ2) is 8.46. The van der Waals surface area contributed by atoms with Crippen LogP contribution >= 0.6 is 0 Å². The highest BCUT2D eigenvalue weighted by Crippen LogP contribution is 2.22. The molecular weight excluding hydrogens is 293 g/mol. The lowest BCUT2D eigenvalue weighted by molar-refractivity contribution is 0.277. The van der Waals surface area contributed by atoms with E-state index in [0.29, 0.717) is 13.1 Å². The van der Waals surface area contributed by atoms with Gasteiger partial charge in [-0.25, -0.2) is 12.8 Å². The first kappa shape index (κ1) is 18.1. The third-order valence-electron chi connectivity index (χ3n) is 3.34. The van der Waals surface area contributed by atoms with Crippen molar-refractivity contribution in [3.8, 4) is 0 Å². The maximum Gasteiger partial charge on any atom is 0.243 e. The van der Waals surface area contributed by atoms with Crippen LogP contribution in [0.4, 0.5) is 4.39 Å². The minimum Gasteiger partial charge on any atom is -0.392 e. The molecule has 0 saturated carbocycles. The smallest absolute Gasteiger partial charge is 0.243 e. The summed E-state index contributed by atoms with van der Waals surface area (Å²) in [5, 5.41) is 9.30. The van der Waals surface area contributed by atoms with E-state index in [9.17, 15) is 17.9 Å². The van der Waals surface area contributed by atoms with Crippen LogP contribution in [-0.2, 0) is 16.6 Å². The topological polar surface area (TPSA) is 57.6 Å². The first-order chi connectivity index (χ1) is 9.97. The average molecular weight is 317 g/mol.